The fourth-order valence-corrected chi connectivity index (χ4v) is 4.93. The van der Waals surface area contributed by atoms with Gasteiger partial charge in [0.1, 0.15) is 17.2 Å². The molecule has 184 valence electrons. The third-order valence-electron chi connectivity index (χ3n) is 7.30. The number of amides is 1. The number of ether oxygens (including phenoxy) is 2. The Bertz CT molecular complexity index is 1230. The quantitative estimate of drug-likeness (QED) is 0.516. The molecule has 1 saturated heterocycles. The number of piperazine rings is 1. The molecule has 0 radical (unpaired) electrons. The minimum absolute atomic E-state index is 0.0665. The Morgan fingerprint density at radius 2 is 2.03 bits per heavy atom. The van der Waals surface area contributed by atoms with Gasteiger partial charge in [0.25, 0.3) is 0 Å². The van der Waals surface area contributed by atoms with Crippen molar-refractivity contribution in [3.05, 3.63) is 30.6 Å². The molecule has 9 nitrogen and oxygen atoms in total. The van der Waals surface area contributed by atoms with Crippen molar-refractivity contribution < 1.29 is 14.3 Å². The van der Waals surface area contributed by atoms with Gasteiger partial charge in [0.2, 0.25) is 11.8 Å². The summed E-state index contributed by atoms with van der Waals surface area (Å²) in [6.07, 6.45) is 6.95. The van der Waals surface area contributed by atoms with E-state index in [2.05, 4.69) is 37.1 Å². The van der Waals surface area contributed by atoms with E-state index in [4.69, 9.17) is 9.47 Å². The first-order chi connectivity index (χ1) is 17.1. The smallest absolute Gasteiger partial charge is 0.228 e. The summed E-state index contributed by atoms with van der Waals surface area (Å²) in [6, 6.07) is 5.72. The van der Waals surface area contributed by atoms with Crippen LogP contribution < -0.4 is 14.8 Å². The van der Waals surface area contributed by atoms with Gasteiger partial charge < -0.3 is 29.6 Å². The number of H-pyrrole nitrogens is 1. The maximum atomic E-state index is 12.8. The van der Waals surface area contributed by atoms with Crippen molar-refractivity contribution in [3.63, 3.8) is 0 Å². The summed E-state index contributed by atoms with van der Waals surface area (Å²) in [6.45, 7) is 5.39. The second kappa shape index (κ2) is 9.13. The van der Waals surface area contributed by atoms with Gasteiger partial charge in [-0.2, -0.15) is 0 Å². The van der Waals surface area contributed by atoms with Crippen LogP contribution in [-0.4, -0.2) is 83.6 Å². The Hall–Kier alpha value is -3.17. The largest absolute Gasteiger partial charge is 0.490 e. The summed E-state index contributed by atoms with van der Waals surface area (Å²) >= 11 is 0. The van der Waals surface area contributed by atoms with E-state index in [-0.39, 0.29) is 17.9 Å². The summed E-state index contributed by atoms with van der Waals surface area (Å²) < 4.78 is 11.7. The topological polar surface area (TPSA) is 95.6 Å². The van der Waals surface area contributed by atoms with E-state index in [0.717, 1.165) is 74.2 Å². The van der Waals surface area contributed by atoms with Gasteiger partial charge in [-0.25, -0.2) is 9.97 Å². The van der Waals surface area contributed by atoms with E-state index in [9.17, 15) is 4.79 Å². The van der Waals surface area contributed by atoms with Crippen molar-refractivity contribution >= 4 is 22.8 Å². The van der Waals surface area contributed by atoms with Gasteiger partial charge in [-0.05, 0) is 50.4 Å². The lowest BCUT2D eigenvalue weighted by Gasteiger charge is -2.32. The van der Waals surface area contributed by atoms with Crippen LogP contribution in [0.1, 0.15) is 19.3 Å². The van der Waals surface area contributed by atoms with Gasteiger partial charge in [-0.1, -0.05) is 0 Å². The minimum Gasteiger partial charge on any atom is -0.490 e. The predicted molar refractivity (Wildman–Crippen MR) is 134 cm³/mol. The van der Waals surface area contributed by atoms with Crippen LogP contribution in [-0.2, 0) is 4.79 Å². The molecular weight excluding hydrogens is 444 g/mol. The lowest BCUT2D eigenvalue weighted by Crippen LogP contribution is -2.45. The number of rotatable bonds is 8. The average Bonchev–Trinajstić information content (AvgIpc) is 3.79. The zero-order chi connectivity index (χ0) is 23.9. The summed E-state index contributed by atoms with van der Waals surface area (Å²) in [7, 11) is 3.78. The number of hydrogen-bond donors (Lipinski definition) is 2. The van der Waals surface area contributed by atoms with Crippen molar-refractivity contribution in [2.75, 3.05) is 52.2 Å². The van der Waals surface area contributed by atoms with Crippen LogP contribution >= 0.6 is 0 Å². The van der Waals surface area contributed by atoms with E-state index < -0.39 is 0 Å². The number of methoxy groups -OCH3 is 1. The molecule has 3 aliphatic rings. The first kappa shape index (κ1) is 22.3. The van der Waals surface area contributed by atoms with Gasteiger partial charge in [-0.15, -0.1) is 0 Å². The van der Waals surface area contributed by atoms with E-state index >= 15 is 0 Å². The number of fused-ring (bicyclic) bond motifs is 1. The normalized spacial score (nSPS) is 22.8. The molecule has 0 spiro atoms. The molecule has 1 aliphatic heterocycles. The van der Waals surface area contributed by atoms with Crippen molar-refractivity contribution in [3.8, 4) is 22.8 Å². The second-order valence-electron chi connectivity index (χ2n) is 10.0. The van der Waals surface area contributed by atoms with E-state index in [1.807, 2.05) is 24.4 Å². The summed E-state index contributed by atoms with van der Waals surface area (Å²) in [5.41, 5.74) is 2.43. The van der Waals surface area contributed by atoms with Gasteiger partial charge in [-0.3, -0.25) is 4.79 Å². The maximum Gasteiger partial charge on any atom is 0.228 e. The number of likely N-dealkylation sites (N-methyl/N-ethyl adjacent to an activating group) is 1. The molecule has 2 aliphatic carbocycles. The van der Waals surface area contributed by atoms with Gasteiger partial charge in [0.05, 0.1) is 18.8 Å². The fourth-order valence-electron chi connectivity index (χ4n) is 4.93. The summed E-state index contributed by atoms with van der Waals surface area (Å²) in [4.78, 5) is 30.0. The Balaban J connectivity index is 1.16. The van der Waals surface area contributed by atoms with Crippen molar-refractivity contribution in [1.82, 2.24) is 24.8 Å². The first-order valence-corrected chi connectivity index (χ1v) is 12.5. The highest BCUT2D eigenvalue weighted by molar-refractivity contribution is 5.99. The number of nitrogens with one attached hydrogen (secondary N) is 2. The fraction of sp³-hybridized carbons (Fsp3) is 0.500. The molecule has 4 heterocycles. The maximum absolute atomic E-state index is 12.8. The molecule has 3 aromatic heterocycles. The Morgan fingerprint density at radius 3 is 2.80 bits per heavy atom. The van der Waals surface area contributed by atoms with Crippen LogP contribution in [0.15, 0.2) is 30.6 Å². The molecule has 35 heavy (non-hydrogen) atoms. The molecule has 6 rings (SSSR count). The highest BCUT2D eigenvalue weighted by atomic mass is 16.5. The predicted octanol–water partition coefficient (Wildman–Crippen LogP) is 3.00. The lowest BCUT2D eigenvalue weighted by molar-refractivity contribution is -0.117. The van der Waals surface area contributed by atoms with Crippen molar-refractivity contribution in [1.29, 1.82) is 0 Å². The molecule has 3 fully saturated rings. The standard InChI is InChI=1S/C26H32N6O3/c1-31-9-11-32(12-10-31)15-16-13-19(16)25(33)30-22-6-5-18-20(14-28-24(18)29-22)23-21(35-17-3-4-17)7-8-27-26(23)34-2/h5-8,14,16-17,19H,3-4,9-13,15H2,1-2H3,(H2,28,29,30,33)/t16-,19+/m1/s1. The van der Waals surface area contributed by atoms with Crippen LogP contribution in [0.4, 0.5) is 5.82 Å². The number of carbonyl (C=O) groups is 1. The number of aromatic amines is 1. The number of hydrogen-bond acceptors (Lipinski definition) is 7. The molecule has 3 aromatic rings. The minimum atomic E-state index is 0.0665. The summed E-state index contributed by atoms with van der Waals surface area (Å²) in [5, 5.41) is 3.95. The molecular formula is C26H32N6O3. The third kappa shape index (κ3) is 4.70. The summed E-state index contributed by atoms with van der Waals surface area (Å²) in [5.74, 6) is 2.43. The SMILES string of the molecule is COc1nccc(OC2CC2)c1-c1c[nH]c2nc(NC(=O)[C@H]3C[C@@H]3CN3CCN(C)CC3)ccc12. The Kier molecular flexibility index (Phi) is 5.82. The van der Waals surface area contributed by atoms with Crippen LogP contribution in [0.25, 0.3) is 22.2 Å². The molecule has 0 bridgehead atoms. The van der Waals surface area contributed by atoms with Gasteiger partial charge >= 0.3 is 0 Å². The molecule has 2 saturated carbocycles. The molecule has 0 unspecified atom stereocenters. The van der Waals surface area contributed by atoms with Gasteiger partial charge in [0.15, 0.2) is 0 Å². The number of anilines is 1. The monoisotopic (exact) mass is 476 g/mol. The second-order valence-corrected chi connectivity index (χ2v) is 10.0. The van der Waals surface area contributed by atoms with E-state index in [1.165, 1.54) is 0 Å². The Labute approximate surface area is 204 Å². The molecule has 2 N–H and O–H groups in total. The molecule has 1 amide bonds. The van der Waals surface area contributed by atoms with E-state index in [0.29, 0.717) is 23.3 Å². The number of aromatic nitrogens is 3. The number of carbonyl (C=O) groups excluding carboxylic acids is 1. The first-order valence-electron chi connectivity index (χ1n) is 12.5. The molecule has 2 atom stereocenters. The van der Waals surface area contributed by atoms with E-state index in [1.54, 1.807) is 13.3 Å². The number of nitrogens with zero attached hydrogens (tertiary/aromatic N) is 4. The van der Waals surface area contributed by atoms with Crippen LogP contribution in [0.3, 0.4) is 0 Å². The van der Waals surface area contributed by atoms with Crippen LogP contribution in [0.5, 0.6) is 11.6 Å². The van der Waals surface area contributed by atoms with Crippen molar-refractivity contribution in [2.45, 2.75) is 25.4 Å². The molecule has 0 aromatic carbocycles. The van der Waals surface area contributed by atoms with Crippen LogP contribution in [0.2, 0.25) is 0 Å². The third-order valence-corrected chi connectivity index (χ3v) is 7.30. The van der Waals surface area contributed by atoms with Crippen molar-refractivity contribution in [2.24, 2.45) is 11.8 Å². The Morgan fingerprint density at radius 1 is 1.20 bits per heavy atom. The van der Waals surface area contributed by atoms with Gasteiger partial charge in [0, 0.05) is 62.0 Å². The number of pyridine rings is 2. The highest BCUT2D eigenvalue weighted by Gasteiger charge is 2.44. The zero-order valence-electron chi connectivity index (χ0n) is 20.3. The van der Waals surface area contributed by atoms with Crippen LogP contribution in [0, 0.1) is 11.8 Å². The molecule has 9 heteroatoms. The highest BCUT2D eigenvalue weighted by Crippen LogP contribution is 2.43. The zero-order valence-corrected chi connectivity index (χ0v) is 20.3. The lowest BCUT2D eigenvalue weighted by atomic mass is 10.1. The average molecular weight is 477 g/mol.